The molecule has 33 heavy (non-hydrogen) atoms. The number of hydrogen-bond acceptors (Lipinski definition) is 4. The van der Waals surface area contributed by atoms with Crippen LogP contribution in [0, 0.1) is 11.8 Å². The lowest BCUT2D eigenvalue weighted by Gasteiger charge is -2.20. The van der Waals surface area contributed by atoms with Crippen LogP contribution in [0.3, 0.4) is 0 Å². The Morgan fingerprint density at radius 3 is 2.36 bits per heavy atom. The van der Waals surface area contributed by atoms with Crippen LogP contribution in [-0.2, 0) is 0 Å². The van der Waals surface area contributed by atoms with Gasteiger partial charge in [-0.1, -0.05) is 36.3 Å². The Morgan fingerprint density at radius 1 is 0.848 bits per heavy atom. The quantitative estimate of drug-likeness (QED) is 0.420. The summed E-state index contributed by atoms with van der Waals surface area (Å²) in [5, 5.41) is 5.65. The summed E-state index contributed by atoms with van der Waals surface area (Å²) in [4.78, 5) is 37.2. The van der Waals surface area contributed by atoms with Gasteiger partial charge in [0.1, 0.15) is 16.9 Å². The van der Waals surface area contributed by atoms with Crippen LogP contribution in [-0.4, -0.2) is 32.3 Å². The number of nitrogens with zero attached hydrogens (tertiary/aromatic N) is 2. The Balaban J connectivity index is 1.54. The number of pyridine rings is 1. The Hall–Kier alpha value is -4.44. The van der Waals surface area contributed by atoms with Gasteiger partial charge >= 0.3 is 0 Å². The Kier molecular flexibility index (Phi) is 5.92. The Labute approximate surface area is 191 Å². The number of aromatic amines is 1. The molecule has 2 aromatic carbocycles. The summed E-state index contributed by atoms with van der Waals surface area (Å²) in [6.45, 7) is 5.73. The van der Waals surface area contributed by atoms with E-state index in [1.54, 1.807) is 36.4 Å². The van der Waals surface area contributed by atoms with Crippen LogP contribution < -0.4 is 10.6 Å². The van der Waals surface area contributed by atoms with E-state index in [2.05, 4.69) is 37.4 Å². The molecular formula is C26H23N5O2. The number of anilines is 1. The minimum atomic E-state index is -0.432. The van der Waals surface area contributed by atoms with E-state index < -0.39 is 5.91 Å². The molecule has 0 radical (unpaired) electrons. The Morgan fingerprint density at radius 2 is 1.61 bits per heavy atom. The smallest absolute Gasteiger partial charge is 0.276 e. The number of para-hydroxylation sites is 1. The number of carbonyl (C=O) groups excluding carboxylic acids is 2. The lowest BCUT2D eigenvalue weighted by atomic mass is 10.1. The zero-order valence-corrected chi connectivity index (χ0v) is 18.6. The topological polar surface area (TPSA) is 99.8 Å². The van der Waals surface area contributed by atoms with Crippen LogP contribution in [0.15, 0.2) is 66.7 Å². The molecule has 4 aromatic rings. The summed E-state index contributed by atoms with van der Waals surface area (Å²) >= 11 is 0. The molecule has 3 N–H and O–H groups in total. The molecule has 0 fully saturated rings. The summed E-state index contributed by atoms with van der Waals surface area (Å²) in [6.07, 6.45) is 0. The molecule has 7 nitrogen and oxygen atoms in total. The van der Waals surface area contributed by atoms with E-state index in [4.69, 9.17) is 0 Å². The van der Waals surface area contributed by atoms with E-state index in [9.17, 15) is 9.59 Å². The van der Waals surface area contributed by atoms with Gasteiger partial charge in [-0.2, -0.15) is 0 Å². The summed E-state index contributed by atoms with van der Waals surface area (Å²) < 4.78 is 0. The lowest BCUT2D eigenvalue weighted by molar-refractivity contribution is 0.0920. The molecule has 4 rings (SSSR count). The number of imidazole rings is 1. The molecule has 0 unspecified atom stereocenters. The number of nitrogens with one attached hydrogen (secondary N) is 3. The predicted octanol–water partition coefficient (Wildman–Crippen LogP) is 4.14. The minimum absolute atomic E-state index is 0.209. The van der Waals surface area contributed by atoms with Gasteiger partial charge in [-0.15, -0.1) is 0 Å². The number of benzene rings is 2. The van der Waals surface area contributed by atoms with Crippen molar-refractivity contribution >= 4 is 28.8 Å². The third-order valence-corrected chi connectivity index (χ3v) is 4.57. The van der Waals surface area contributed by atoms with Crippen molar-refractivity contribution in [1.82, 2.24) is 20.3 Å². The zero-order valence-electron chi connectivity index (χ0n) is 18.6. The molecule has 0 saturated carbocycles. The number of aromatic nitrogens is 3. The van der Waals surface area contributed by atoms with Crippen LogP contribution in [0.5, 0.6) is 0 Å². The summed E-state index contributed by atoms with van der Waals surface area (Å²) in [5.41, 5.74) is 2.72. The molecule has 0 aliphatic heterocycles. The monoisotopic (exact) mass is 437 g/mol. The van der Waals surface area contributed by atoms with E-state index in [0.717, 1.165) is 5.56 Å². The molecule has 2 amide bonds. The van der Waals surface area contributed by atoms with Gasteiger partial charge in [0.05, 0.1) is 11.1 Å². The maximum absolute atomic E-state index is 12.8. The van der Waals surface area contributed by atoms with Gasteiger partial charge in [-0.25, -0.2) is 9.97 Å². The molecule has 0 spiro atoms. The maximum atomic E-state index is 12.8. The second-order valence-electron chi connectivity index (χ2n) is 8.47. The highest BCUT2D eigenvalue weighted by molar-refractivity contribution is 6.07. The molecule has 164 valence electrons. The van der Waals surface area contributed by atoms with Crippen LogP contribution in [0.2, 0.25) is 0 Å². The number of hydrogen-bond donors (Lipinski definition) is 3. The number of H-pyrrole nitrogens is 1. The molecule has 0 bridgehead atoms. The number of fused-ring (bicyclic) bond motifs is 1. The highest BCUT2D eigenvalue weighted by Gasteiger charge is 2.19. The van der Waals surface area contributed by atoms with E-state index in [0.29, 0.717) is 22.3 Å². The van der Waals surface area contributed by atoms with Crippen molar-refractivity contribution in [3.05, 3.63) is 89.2 Å². The molecule has 7 heteroatoms. The van der Waals surface area contributed by atoms with Gasteiger partial charge in [0, 0.05) is 11.1 Å². The molecule has 2 aromatic heterocycles. The average molecular weight is 438 g/mol. The molecule has 2 heterocycles. The van der Waals surface area contributed by atoms with Crippen molar-refractivity contribution in [3.63, 3.8) is 0 Å². The Bertz CT molecular complexity index is 1390. The van der Waals surface area contributed by atoms with Gasteiger partial charge in [0.25, 0.3) is 11.8 Å². The predicted molar refractivity (Wildman–Crippen MR) is 128 cm³/mol. The van der Waals surface area contributed by atoms with Crippen molar-refractivity contribution in [2.75, 3.05) is 5.32 Å². The van der Waals surface area contributed by atoms with E-state index in [-0.39, 0.29) is 23.1 Å². The van der Waals surface area contributed by atoms with E-state index in [1.807, 2.05) is 51.1 Å². The fourth-order valence-corrected chi connectivity index (χ4v) is 3.14. The molecule has 0 aliphatic carbocycles. The van der Waals surface area contributed by atoms with Gasteiger partial charge < -0.3 is 10.3 Å². The fourth-order valence-electron chi connectivity index (χ4n) is 3.14. The number of amides is 2. The van der Waals surface area contributed by atoms with Gasteiger partial charge in [0.2, 0.25) is 5.95 Å². The fraction of sp³-hybridized carbons (Fsp3) is 0.154. The van der Waals surface area contributed by atoms with Crippen molar-refractivity contribution in [1.29, 1.82) is 0 Å². The summed E-state index contributed by atoms with van der Waals surface area (Å²) in [6, 6.07) is 19.9. The second-order valence-corrected chi connectivity index (χ2v) is 8.47. The first kappa shape index (κ1) is 21.8. The van der Waals surface area contributed by atoms with Crippen molar-refractivity contribution in [2.45, 2.75) is 26.3 Å². The third kappa shape index (κ3) is 5.43. The first-order chi connectivity index (χ1) is 15.8. The van der Waals surface area contributed by atoms with Crippen molar-refractivity contribution in [3.8, 4) is 11.8 Å². The first-order valence-electron chi connectivity index (χ1n) is 10.5. The normalized spacial score (nSPS) is 10.9. The van der Waals surface area contributed by atoms with Gasteiger partial charge in [0.15, 0.2) is 0 Å². The van der Waals surface area contributed by atoms with Gasteiger partial charge in [-0.3, -0.25) is 14.9 Å². The molecular weight excluding hydrogens is 414 g/mol. The van der Waals surface area contributed by atoms with E-state index in [1.165, 1.54) is 0 Å². The number of rotatable bonds is 3. The van der Waals surface area contributed by atoms with E-state index >= 15 is 0 Å². The number of carbonyl (C=O) groups is 2. The summed E-state index contributed by atoms with van der Waals surface area (Å²) in [7, 11) is 0. The van der Waals surface area contributed by atoms with Crippen LogP contribution in [0.1, 0.15) is 52.9 Å². The van der Waals surface area contributed by atoms with Crippen LogP contribution in [0.4, 0.5) is 5.95 Å². The SMILES string of the molecule is CC(C)(C)NC(=O)c1cccc2[nH]c(NC(=O)c3cccc(C#Cc4ccccc4)n3)nc12. The van der Waals surface area contributed by atoms with Crippen LogP contribution >= 0.6 is 0 Å². The highest BCUT2D eigenvalue weighted by atomic mass is 16.2. The zero-order chi connectivity index (χ0) is 23.4. The third-order valence-electron chi connectivity index (χ3n) is 4.57. The largest absolute Gasteiger partial charge is 0.347 e. The highest BCUT2D eigenvalue weighted by Crippen LogP contribution is 2.20. The van der Waals surface area contributed by atoms with Gasteiger partial charge in [-0.05, 0) is 63.1 Å². The molecule has 0 aliphatic rings. The van der Waals surface area contributed by atoms with Crippen molar-refractivity contribution < 1.29 is 9.59 Å². The lowest BCUT2D eigenvalue weighted by Crippen LogP contribution is -2.40. The average Bonchev–Trinajstić information content (AvgIpc) is 3.20. The molecule has 0 saturated heterocycles. The second kappa shape index (κ2) is 8.97. The molecule has 0 atom stereocenters. The summed E-state index contributed by atoms with van der Waals surface area (Å²) in [5.74, 6) is 5.56. The maximum Gasteiger partial charge on any atom is 0.276 e. The van der Waals surface area contributed by atoms with Crippen molar-refractivity contribution in [2.24, 2.45) is 0 Å². The minimum Gasteiger partial charge on any atom is -0.347 e. The van der Waals surface area contributed by atoms with Crippen LogP contribution in [0.25, 0.3) is 11.0 Å². The standard InChI is InChI=1S/C26H23N5O2/c1-26(2,3)31-23(32)19-12-8-13-20-22(19)29-25(28-20)30-24(33)21-14-7-11-18(27-21)16-15-17-9-5-4-6-10-17/h4-14H,1-3H3,(H,31,32)(H2,28,29,30,33). The first-order valence-corrected chi connectivity index (χ1v) is 10.5.